The highest BCUT2D eigenvalue weighted by molar-refractivity contribution is 5.95. The largest absolute Gasteiger partial charge is 0.463 e. The Morgan fingerprint density at radius 1 is 1.54 bits per heavy atom. The number of ether oxygens (including phenoxy) is 2. The van der Waals surface area contributed by atoms with E-state index in [1.54, 1.807) is 25.0 Å². The van der Waals surface area contributed by atoms with Gasteiger partial charge in [0, 0.05) is 20.1 Å². The van der Waals surface area contributed by atoms with Crippen molar-refractivity contribution in [2.45, 2.75) is 33.0 Å². The van der Waals surface area contributed by atoms with Gasteiger partial charge in [0.1, 0.15) is 30.1 Å². The lowest BCUT2D eigenvalue weighted by molar-refractivity contribution is -0.0267. The highest BCUT2D eigenvalue weighted by Crippen LogP contribution is 2.23. The number of hydrogen-bond acceptors (Lipinski definition) is 6. The summed E-state index contributed by atoms with van der Waals surface area (Å²) in [5.41, 5.74) is 0.562. The number of nitrogens with zero attached hydrogens (tertiary/aromatic N) is 3. The number of methoxy groups -OCH3 is 1. The number of amides is 1. The zero-order valence-electron chi connectivity index (χ0n) is 14.2. The second kappa shape index (κ2) is 7.14. The van der Waals surface area contributed by atoms with Crippen LogP contribution in [-0.2, 0) is 22.5 Å². The molecule has 2 aromatic heterocycles. The minimum absolute atomic E-state index is 0.0712. The van der Waals surface area contributed by atoms with Gasteiger partial charge in [-0.2, -0.15) is 5.10 Å². The molecule has 1 aliphatic rings. The monoisotopic (exact) mass is 334 g/mol. The fraction of sp³-hybridized carbons (Fsp3) is 0.562. The fourth-order valence-electron chi connectivity index (χ4n) is 2.74. The lowest BCUT2D eigenvalue weighted by atomic mass is 10.2. The van der Waals surface area contributed by atoms with Crippen molar-refractivity contribution in [2.75, 3.05) is 26.8 Å². The Morgan fingerprint density at radius 2 is 2.38 bits per heavy atom. The van der Waals surface area contributed by atoms with E-state index in [9.17, 15) is 4.79 Å². The number of carbonyl (C=O) groups is 1. The number of aromatic amines is 1. The molecule has 8 nitrogen and oxygen atoms in total. The van der Waals surface area contributed by atoms with Gasteiger partial charge >= 0.3 is 0 Å². The maximum absolute atomic E-state index is 12.8. The number of morpholine rings is 1. The van der Waals surface area contributed by atoms with Crippen LogP contribution < -0.4 is 0 Å². The first-order valence-corrected chi connectivity index (χ1v) is 8.02. The Bertz CT molecular complexity index is 709. The number of H-pyrrole nitrogens is 1. The Morgan fingerprint density at radius 3 is 3.08 bits per heavy atom. The van der Waals surface area contributed by atoms with Gasteiger partial charge in [-0.05, 0) is 13.0 Å². The molecule has 24 heavy (non-hydrogen) atoms. The molecular weight excluding hydrogens is 312 g/mol. The van der Waals surface area contributed by atoms with Crippen molar-refractivity contribution in [3.05, 3.63) is 34.8 Å². The van der Waals surface area contributed by atoms with E-state index in [0.29, 0.717) is 49.2 Å². The predicted molar refractivity (Wildman–Crippen MR) is 84.5 cm³/mol. The van der Waals surface area contributed by atoms with Gasteiger partial charge < -0.3 is 18.8 Å². The molecule has 1 saturated heterocycles. The molecule has 2 aromatic rings. The van der Waals surface area contributed by atoms with Crippen LogP contribution in [0.2, 0.25) is 0 Å². The molecule has 0 spiro atoms. The average molecular weight is 334 g/mol. The van der Waals surface area contributed by atoms with Crippen LogP contribution >= 0.6 is 0 Å². The second-order valence-electron chi connectivity index (χ2n) is 5.72. The number of nitrogens with one attached hydrogen (secondary N) is 1. The SMILES string of the molecule is CCc1nc([C@@H]2CN(C(=O)c3cc(COC)oc3C)CCO2)n[nH]1. The van der Waals surface area contributed by atoms with Gasteiger partial charge in [0.15, 0.2) is 5.82 Å². The smallest absolute Gasteiger partial charge is 0.257 e. The third kappa shape index (κ3) is 3.34. The van der Waals surface area contributed by atoms with E-state index in [0.717, 1.165) is 12.2 Å². The van der Waals surface area contributed by atoms with E-state index in [4.69, 9.17) is 13.9 Å². The molecule has 0 aromatic carbocycles. The van der Waals surface area contributed by atoms with Crippen LogP contribution in [0, 0.1) is 6.92 Å². The third-order valence-corrected chi connectivity index (χ3v) is 4.01. The minimum Gasteiger partial charge on any atom is -0.463 e. The molecule has 1 amide bonds. The van der Waals surface area contributed by atoms with Gasteiger partial charge in [0.05, 0.1) is 18.7 Å². The Balaban J connectivity index is 1.73. The zero-order chi connectivity index (χ0) is 17.1. The summed E-state index contributed by atoms with van der Waals surface area (Å²) in [7, 11) is 1.59. The lowest BCUT2D eigenvalue weighted by Gasteiger charge is -2.31. The fourth-order valence-corrected chi connectivity index (χ4v) is 2.74. The van der Waals surface area contributed by atoms with Gasteiger partial charge in [0.25, 0.3) is 5.91 Å². The molecule has 3 rings (SSSR count). The van der Waals surface area contributed by atoms with Gasteiger partial charge in [-0.1, -0.05) is 6.92 Å². The molecule has 0 radical (unpaired) electrons. The van der Waals surface area contributed by atoms with Crippen LogP contribution in [0.3, 0.4) is 0 Å². The van der Waals surface area contributed by atoms with Crippen molar-refractivity contribution in [1.82, 2.24) is 20.1 Å². The average Bonchev–Trinajstić information content (AvgIpc) is 3.21. The lowest BCUT2D eigenvalue weighted by Crippen LogP contribution is -2.42. The normalized spacial score (nSPS) is 18.1. The summed E-state index contributed by atoms with van der Waals surface area (Å²) in [5.74, 6) is 2.57. The van der Waals surface area contributed by atoms with Gasteiger partial charge in [-0.3, -0.25) is 9.89 Å². The van der Waals surface area contributed by atoms with E-state index < -0.39 is 0 Å². The molecule has 0 bridgehead atoms. The van der Waals surface area contributed by atoms with E-state index in [1.165, 1.54) is 0 Å². The molecule has 0 saturated carbocycles. The summed E-state index contributed by atoms with van der Waals surface area (Å²) in [6.07, 6.45) is 0.462. The molecule has 0 unspecified atom stereocenters. The number of carbonyl (C=O) groups excluding carboxylic acids is 1. The van der Waals surface area contributed by atoms with Crippen molar-refractivity contribution in [3.8, 4) is 0 Å². The summed E-state index contributed by atoms with van der Waals surface area (Å²) in [5, 5.41) is 7.07. The molecule has 8 heteroatoms. The first-order chi connectivity index (χ1) is 11.6. The van der Waals surface area contributed by atoms with Crippen molar-refractivity contribution < 1.29 is 18.7 Å². The third-order valence-electron chi connectivity index (χ3n) is 4.01. The molecule has 1 atom stereocenters. The van der Waals surface area contributed by atoms with Gasteiger partial charge in [0.2, 0.25) is 0 Å². The first-order valence-electron chi connectivity index (χ1n) is 8.02. The summed E-state index contributed by atoms with van der Waals surface area (Å²) >= 11 is 0. The molecule has 1 N–H and O–H groups in total. The van der Waals surface area contributed by atoms with Crippen LogP contribution in [0.5, 0.6) is 0 Å². The Hall–Kier alpha value is -2.19. The van der Waals surface area contributed by atoms with Gasteiger partial charge in [-0.15, -0.1) is 0 Å². The van der Waals surface area contributed by atoms with Crippen LogP contribution in [0.4, 0.5) is 0 Å². The molecule has 1 aliphatic heterocycles. The highest BCUT2D eigenvalue weighted by atomic mass is 16.5. The maximum atomic E-state index is 12.8. The van der Waals surface area contributed by atoms with Crippen molar-refractivity contribution in [2.24, 2.45) is 0 Å². The van der Waals surface area contributed by atoms with Crippen LogP contribution in [0.1, 0.15) is 46.6 Å². The molecular formula is C16H22N4O4. The van der Waals surface area contributed by atoms with Crippen molar-refractivity contribution in [1.29, 1.82) is 0 Å². The Labute approximate surface area is 140 Å². The van der Waals surface area contributed by atoms with E-state index >= 15 is 0 Å². The van der Waals surface area contributed by atoms with Crippen molar-refractivity contribution >= 4 is 5.91 Å². The predicted octanol–water partition coefficient (Wildman–Crippen LogP) is 1.63. The van der Waals surface area contributed by atoms with E-state index in [-0.39, 0.29) is 12.0 Å². The minimum atomic E-state index is -0.315. The summed E-state index contributed by atoms with van der Waals surface area (Å²) < 4.78 is 16.3. The van der Waals surface area contributed by atoms with E-state index in [2.05, 4.69) is 15.2 Å². The topological polar surface area (TPSA) is 93.5 Å². The second-order valence-corrected chi connectivity index (χ2v) is 5.72. The molecule has 1 fully saturated rings. The van der Waals surface area contributed by atoms with Crippen LogP contribution in [0.15, 0.2) is 10.5 Å². The first kappa shape index (κ1) is 16.7. The van der Waals surface area contributed by atoms with Crippen molar-refractivity contribution in [3.63, 3.8) is 0 Å². The summed E-state index contributed by atoms with van der Waals surface area (Å²) in [6.45, 7) is 5.54. The number of aromatic nitrogens is 3. The van der Waals surface area contributed by atoms with E-state index in [1.807, 2.05) is 6.92 Å². The molecule has 130 valence electrons. The number of hydrogen-bond donors (Lipinski definition) is 1. The summed E-state index contributed by atoms with van der Waals surface area (Å²) in [6, 6.07) is 1.74. The number of furan rings is 1. The Kier molecular flexibility index (Phi) is 4.96. The molecule has 0 aliphatic carbocycles. The van der Waals surface area contributed by atoms with Crippen LogP contribution in [0.25, 0.3) is 0 Å². The standard InChI is InChI=1S/C16H22N4O4/c1-4-14-17-15(19-18-14)13-8-20(5-6-23-13)16(21)12-7-11(9-22-3)24-10(12)2/h7,13H,4-6,8-9H2,1-3H3,(H,17,18,19)/t13-/m0/s1. The van der Waals surface area contributed by atoms with Gasteiger partial charge in [-0.25, -0.2) is 4.98 Å². The highest BCUT2D eigenvalue weighted by Gasteiger charge is 2.30. The van der Waals surface area contributed by atoms with Crippen LogP contribution in [-0.4, -0.2) is 52.8 Å². The summed E-state index contributed by atoms with van der Waals surface area (Å²) in [4.78, 5) is 19.0. The molecule has 3 heterocycles. The number of aryl methyl sites for hydroxylation is 2. The zero-order valence-corrected chi connectivity index (χ0v) is 14.2. The maximum Gasteiger partial charge on any atom is 0.257 e. The quantitative estimate of drug-likeness (QED) is 0.893. The number of rotatable bonds is 5.